The topological polar surface area (TPSA) is 43.9 Å². The van der Waals surface area contributed by atoms with E-state index >= 15 is 0 Å². The molecule has 0 aliphatic rings. The molecule has 0 spiro atoms. The molecule has 0 unspecified atom stereocenters. The number of aromatic nitrogens is 3. The fourth-order valence-corrected chi connectivity index (χ4v) is 7.18. The summed E-state index contributed by atoms with van der Waals surface area (Å²) in [6, 6.07) is 61.4. The number of benzene rings is 7. The molecule has 0 saturated heterocycles. The Morgan fingerprint density at radius 1 is 0.360 bits per heavy atom. The van der Waals surface area contributed by atoms with Crippen molar-refractivity contribution >= 4 is 43.7 Å². The summed E-state index contributed by atoms with van der Waals surface area (Å²) in [6.45, 7) is 0. The lowest BCUT2D eigenvalue weighted by Gasteiger charge is -2.12. The van der Waals surface area contributed by atoms with E-state index in [9.17, 15) is 0 Å². The molecule has 0 N–H and O–H groups in total. The highest BCUT2D eigenvalue weighted by molar-refractivity contribution is 6.09. The zero-order valence-corrected chi connectivity index (χ0v) is 27.0. The van der Waals surface area contributed by atoms with Crippen LogP contribution in [0, 0.1) is 0 Å². The first-order valence-electron chi connectivity index (χ1n) is 16.8. The normalized spacial score (nSPS) is 11.6. The molecule has 4 nitrogen and oxygen atoms in total. The zero-order valence-electron chi connectivity index (χ0n) is 27.0. The Bertz CT molecular complexity index is 2790. The van der Waals surface area contributed by atoms with Gasteiger partial charge in [0.1, 0.15) is 11.2 Å². The van der Waals surface area contributed by atoms with E-state index < -0.39 is 0 Å². The van der Waals surface area contributed by atoms with Crippen LogP contribution in [0.3, 0.4) is 0 Å². The van der Waals surface area contributed by atoms with E-state index in [1.807, 2.05) is 36.4 Å². The molecular weight excluding hydrogens is 611 g/mol. The van der Waals surface area contributed by atoms with Crippen molar-refractivity contribution in [3.63, 3.8) is 0 Å². The van der Waals surface area contributed by atoms with E-state index in [0.29, 0.717) is 5.82 Å². The minimum absolute atomic E-state index is 0.698. The fraction of sp³-hybridized carbons (Fsp3) is 0. The molecule has 0 bridgehead atoms. The second kappa shape index (κ2) is 11.4. The molecular formula is C46H29N3O. The van der Waals surface area contributed by atoms with Gasteiger partial charge in [0.2, 0.25) is 0 Å². The van der Waals surface area contributed by atoms with E-state index in [-0.39, 0.29) is 0 Å². The van der Waals surface area contributed by atoms with E-state index in [1.54, 1.807) is 0 Å². The van der Waals surface area contributed by atoms with Gasteiger partial charge in [0.05, 0.1) is 22.4 Å². The van der Waals surface area contributed by atoms with Crippen LogP contribution in [0.4, 0.5) is 0 Å². The Hall–Kier alpha value is -6.78. The van der Waals surface area contributed by atoms with Gasteiger partial charge in [-0.1, -0.05) is 127 Å². The van der Waals surface area contributed by atoms with Crippen LogP contribution < -0.4 is 0 Å². The average Bonchev–Trinajstić information content (AvgIpc) is 3.74. The Kier molecular flexibility index (Phi) is 6.46. The molecule has 0 amide bonds. The highest BCUT2D eigenvalue weighted by atomic mass is 16.3. The molecule has 0 radical (unpaired) electrons. The first-order valence-corrected chi connectivity index (χ1v) is 16.8. The van der Waals surface area contributed by atoms with Gasteiger partial charge in [-0.05, 0) is 59.7 Å². The summed E-state index contributed by atoms with van der Waals surface area (Å²) < 4.78 is 8.50. The van der Waals surface area contributed by atoms with Crippen LogP contribution in [0.1, 0.15) is 0 Å². The summed E-state index contributed by atoms with van der Waals surface area (Å²) in [6.07, 6.45) is 0. The monoisotopic (exact) mass is 639 g/mol. The van der Waals surface area contributed by atoms with Gasteiger partial charge in [0, 0.05) is 43.9 Å². The van der Waals surface area contributed by atoms with Gasteiger partial charge in [-0.15, -0.1) is 0 Å². The number of furan rings is 1. The molecule has 0 aliphatic carbocycles. The van der Waals surface area contributed by atoms with Gasteiger partial charge in [0.15, 0.2) is 5.82 Å². The summed E-state index contributed by atoms with van der Waals surface area (Å²) in [4.78, 5) is 10.1. The molecule has 0 saturated carbocycles. The fourth-order valence-electron chi connectivity index (χ4n) is 7.18. The third kappa shape index (κ3) is 4.69. The summed E-state index contributed by atoms with van der Waals surface area (Å²) in [5.74, 6) is 0.698. The molecule has 0 atom stereocenters. The Morgan fingerprint density at radius 2 is 0.880 bits per heavy atom. The van der Waals surface area contributed by atoms with Crippen molar-refractivity contribution in [2.45, 2.75) is 0 Å². The zero-order chi connectivity index (χ0) is 33.0. The Labute approximate surface area is 288 Å². The van der Waals surface area contributed by atoms with Gasteiger partial charge >= 0.3 is 0 Å². The second-order valence-corrected chi connectivity index (χ2v) is 12.6. The first kappa shape index (κ1) is 28.3. The summed E-state index contributed by atoms with van der Waals surface area (Å²) in [5.41, 5.74) is 12.3. The summed E-state index contributed by atoms with van der Waals surface area (Å²) >= 11 is 0. The van der Waals surface area contributed by atoms with E-state index in [4.69, 9.17) is 14.4 Å². The second-order valence-electron chi connectivity index (χ2n) is 12.6. The number of fused-ring (bicyclic) bond motifs is 6. The average molecular weight is 640 g/mol. The molecule has 0 aliphatic heterocycles. The van der Waals surface area contributed by atoms with Crippen LogP contribution >= 0.6 is 0 Å². The predicted octanol–water partition coefficient (Wildman–Crippen LogP) is 12.1. The molecule has 7 aromatic carbocycles. The lowest BCUT2D eigenvalue weighted by atomic mass is 10.0. The van der Waals surface area contributed by atoms with Gasteiger partial charge in [0.25, 0.3) is 0 Å². The molecule has 234 valence electrons. The van der Waals surface area contributed by atoms with Gasteiger partial charge in [-0.25, -0.2) is 9.97 Å². The quantitative estimate of drug-likeness (QED) is 0.188. The number of hydrogen-bond donors (Lipinski definition) is 0. The minimum Gasteiger partial charge on any atom is -0.456 e. The number of para-hydroxylation sites is 3. The van der Waals surface area contributed by atoms with Crippen LogP contribution in [-0.2, 0) is 0 Å². The first-order chi connectivity index (χ1) is 24.8. The van der Waals surface area contributed by atoms with E-state index in [2.05, 4.69) is 144 Å². The van der Waals surface area contributed by atoms with Crippen LogP contribution in [0.15, 0.2) is 180 Å². The molecule has 4 heteroatoms. The SMILES string of the molecule is c1ccc(-c2nc(-c3ccc(-c4ccc5c(c4)oc4ccccc45)cc3)cc(-c3ccc(-n4c5ccccc5c5ccccc54)cc3)n2)cc1. The highest BCUT2D eigenvalue weighted by Gasteiger charge is 2.14. The maximum absolute atomic E-state index is 6.17. The van der Waals surface area contributed by atoms with Crippen molar-refractivity contribution in [1.29, 1.82) is 0 Å². The number of nitrogens with zero attached hydrogens (tertiary/aromatic N) is 3. The summed E-state index contributed by atoms with van der Waals surface area (Å²) in [5, 5.41) is 4.77. The lowest BCUT2D eigenvalue weighted by Crippen LogP contribution is -1.97. The predicted molar refractivity (Wildman–Crippen MR) is 205 cm³/mol. The van der Waals surface area contributed by atoms with Crippen LogP contribution in [0.5, 0.6) is 0 Å². The lowest BCUT2D eigenvalue weighted by molar-refractivity contribution is 0.669. The molecule has 50 heavy (non-hydrogen) atoms. The van der Waals surface area contributed by atoms with Gasteiger partial charge < -0.3 is 8.98 Å². The van der Waals surface area contributed by atoms with Gasteiger partial charge in [-0.2, -0.15) is 0 Å². The maximum Gasteiger partial charge on any atom is 0.160 e. The van der Waals surface area contributed by atoms with Crippen LogP contribution in [-0.4, -0.2) is 14.5 Å². The molecule has 0 fully saturated rings. The van der Waals surface area contributed by atoms with E-state index in [1.165, 1.54) is 21.8 Å². The van der Waals surface area contributed by atoms with Crippen molar-refractivity contribution < 1.29 is 4.42 Å². The third-order valence-corrected chi connectivity index (χ3v) is 9.65. The Morgan fingerprint density at radius 3 is 1.56 bits per heavy atom. The van der Waals surface area contributed by atoms with Crippen LogP contribution in [0.2, 0.25) is 0 Å². The summed E-state index contributed by atoms with van der Waals surface area (Å²) in [7, 11) is 0. The largest absolute Gasteiger partial charge is 0.456 e. The van der Waals surface area contributed by atoms with Crippen molar-refractivity contribution in [3.05, 3.63) is 176 Å². The smallest absolute Gasteiger partial charge is 0.160 e. The molecule has 3 heterocycles. The van der Waals surface area contributed by atoms with Gasteiger partial charge in [-0.3, -0.25) is 0 Å². The van der Waals surface area contributed by atoms with Crippen LogP contribution in [0.25, 0.3) is 94.5 Å². The molecule has 10 rings (SSSR count). The third-order valence-electron chi connectivity index (χ3n) is 9.65. The molecule has 3 aromatic heterocycles. The highest BCUT2D eigenvalue weighted by Crippen LogP contribution is 2.35. The van der Waals surface area contributed by atoms with Crippen molar-refractivity contribution in [2.24, 2.45) is 0 Å². The standard InChI is InChI=1S/C46H29N3O/c1-2-10-33(11-3-1)46-47-40(31-20-18-30(19-21-31)34-24-27-39-38-14-6-9-17-44(38)50-45(39)28-34)29-41(48-46)32-22-25-35(26-23-32)49-42-15-7-4-12-36(42)37-13-5-8-16-43(37)49/h1-29H. The minimum atomic E-state index is 0.698. The maximum atomic E-state index is 6.17. The Balaban J connectivity index is 1.04. The molecule has 10 aromatic rings. The van der Waals surface area contributed by atoms with Crippen molar-refractivity contribution in [2.75, 3.05) is 0 Å². The van der Waals surface area contributed by atoms with E-state index in [0.717, 1.165) is 66.8 Å². The van der Waals surface area contributed by atoms with Crippen molar-refractivity contribution in [3.8, 4) is 50.7 Å². The van der Waals surface area contributed by atoms with Crippen molar-refractivity contribution in [1.82, 2.24) is 14.5 Å². The number of hydrogen-bond acceptors (Lipinski definition) is 3. The number of rotatable bonds is 5.